The lowest BCUT2D eigenvalue weighted by Gasteiger charge is -2.43. The van der Waals surface area contributed by atoms with Gasteiger partial charge >= 0.3 is 4.87 Å². The van der Waals surface area contributed by atoms with Gasteiger partial charge in [-0.3, -0.25) is 24.1 Å². The van der Waals surface area contributed by atoms with Gasteiger partial charge in [0.05, 0.1) is 23.5 Å². The number of ether oxygens (including phenoxy) is 1. The summed E-state index contributed by atoms with van der Waals surface area (Å²) in [6.07, 6.45) is 3.78. The molecule has 4 heterocycles. The van der Waals surface area contributed by atoms with Gasteiger partial charge in [-0.15, -0.1) is 11.8 Å². The molecule has 4 fully saturated rings. The first-order valence-corrected chi connectivity index (χ1v) is 16.0. The van der Waals surface area contributed by atoms with Crippen LogP contribution in [-0.2, 0) is 14.4 Å². The Morgan fingerprint density at radius 1 is 1.12 bits per heavy atom. The molecule has 7 rings (SSSR count). The Balaban J connectivity index is 1.24. The Morgan fingerprint density at radius 3 is 2.58 bits per heavy atom. The van der Waals surface area contributed by atoms with E-state index in [1.807, 2.05) is 19.1 Å². The minimum atomic E-state index is -0.794. The third-order valence-corrected chi connectivity index (χ3v) is 12.4. The maximum atomic E-state index is 14.0. The number of amides is 3. The van der Waals surface area contributed by atoms with Crippen LogP contribution in [0.5, 0.6) is 11.5 Å². The van der Waals surface area contributed by atoms with Crippen molar-refractivity contribution in [1.29, 1.82) is 0 Å². The molecule has 2 bridgehead atoms. The van der Waals surface area contributed by atoms with Gasteiger partial charge in [-0.1, -0.05) is 17.4 Å². The SMILES string of the molecule is CCOc1cc(C2c3sc(=O)[nH]c3SC3C4CC(C5C(=O)N(C(C)C(=O)N6CCCCC6)C(=O)C45)C23)ccc1O. The van der Waals surface area contributed by atoms with Gasteiger partial charge in [0.15, 0.2) is 11.5 Å². The molecule has 2 aliphatic carbocycles. The first kappa shape index (κ1) is 26.1. The van der Waals surface area contributed by atoms with Crippen molar-refractivity contribution in [3.05, 3.63) is 38.3 Å². The summed E-state index contributed by atoms with van der Waals surface area (Å²) < 4.78 is 5.69. The summed E-state index contributed by atoms with van der Waals surface area (Å²) in [5.74, 6) is -1.13. The number of imide groups is 1. The second-order valence-electron chi connectivity index (χ2n) is 11.7. The maximum absolute atomic E-state index is 14.0. The highest BCUT2D eigenvalue weighted by Crippen LogP contribution is 2.68. The largest absolute Gasteiger partial charge is 0.504 e. The average molecular weight is 584 g/mol. The van der Waals surface area contributed by atoms with Gasteiger partial charge in [0.2, 0.25) is 17.7 Å². The van der Waals surface area contributed by atoms with Crippen LogP contribution in [0.15, 0.2) is 28.0 Å². The van der Waals surface area contributed by atoms with Crippen molar-refractivity contribution in [1.82, 2.24) is 14.8 Å². The summed E-state index contributed by atoms with van der Waals surface area (Å²) in [7, 11) is 0. The lowest BCUT2D eigenvalue weighted by molar-refractivity contribution is -0.152. The number of likely N-dealkylation sites (tertiary alicyclic amines) is 2. The van der Waals surface area contributed by atoms with Crippen LogP contribution in [-0.4, -0.2) is 68.6 Å². The quantitative estimate of drug-likeness (QED) is 0.518. The molecular weight excluding hydrogens is 550 g/mol. The molecule has 3 amide bonds. The molecule has 8 atom stereocenters. The summed E-state index contributed by atoms with van der Waals surface area (Å²) in [5, 5.41) is 11.3. The number of nitrogens with one attached hydrogen (secondary N) is 1. The topological polar surface area (TPSA) is 120 Å². The molecule has 8 unspecified atom stereocenters. The van der Waals surface area contributed by atoms with Crippen LogP contribution < -0.4 is 9.61 Å². The lowest BCUT2D eigenvalue weighted by atomic mass is 9.68. The normalized spacial score (nSPS) is 33.1. The Bertz CT molecular complexity index is 1450. The van der Waals surface area contributed by atoms with E-state index < -0.39 is 17.9 Å². The van der Waals surface area contributed by atoms with Gasteiger partial charge in [-0.25, -0.2) is 0 Å². The number of fused-ring (bicyclic) bond motifs is 9. The van der Waals surface area contributed by atoms with Crippen LogP contribution in [0.1, 0.15) is 55.9 Å². The van der Waals surface area contributed by atoms with Crippen molar-refractivity contribution in [3.8, 4) is 11.5 Å². The smallest absolute Gasteiger partial charge is 0.305 e. The van der Waals surface area contributed by atoms with Crippen LogP contribution in [0, 0.1) is 29.6 Å². The number of aromatic hydroxyl groups is 1. The monoisotopic (exact) mass is 583 g/mol. The Morgan fingerprint density at radius 2 is 1.85 bits per heavy atom. The molecule has 5 aliphatic rings. The van der Waals surface area contributed by atoms with E-state index in [1.165, 1.54) is 16.2 Å². The molecule has 0 spiro atoms. The minimum Gasteiger partial charge on any atom is -0.504 e. The van der Waals surface area contributed by atoms with Crippen LogP contribution >= 0.6 is 23.1 Å². The summed E-state index contributed by atoms with van der Waals surface area (Å²) in [6, 6.07) is 4.56. The highest BCUT2D eigenvalue weighted by atomic mass is 32.2. The summed E-state index contributed by atoms with van der Waals surface area (Å²) >= 11 is 2.83. The summed E-state index contributed by atoms with van der Waals surface area (Å²) in [6.45, 7) is 5.32. The summed E-state index contributed by atoms with van der Waals surface area (Å²) in [5.41, 5.74) is 0.930. The number of hydrogen-bond acceptors (Lipinski definition) is 8. The number of nitrogens with zero attached hydrogens (tertiary/aromatic N) is 2. The van der Waals surface area contributed by atoms with Crippen LogP contribution in [0.3, 0.4) is 0 Å². The zero-order chi connectivity index (χ0) is 27.9. The van der Waals surface area contributed by atoms with E-state index in [9.17, 15) is 24.3 Å². The van der Waals surface area contributed by atoms with Gasteiger partial charge in [0.1, 0.15) is 6.04 Å². The molecule has 3 aliphatic heterocycles. The Hall–Kier alpha value is -2.79. The Labute approximate surface area is 240 Å². The molecule has 2 saturated carbocycles. The number of phenolic OH excluding ortho intramolecular Hbond substituents is 1. The second kappa shape index (κ2) is 9.65. The molecule has 212 valence electrons. The fraction of sp³-hybridized carbons (Fsp3) is 0.586. The molecule has 2 aromatic rings. The molecule has 40 heavy (non-hydrogen) atoms. The number of aromatic amines is 1. The summed E-state index contributed by atoms with van der Waals surface area (Å²) in [4.78, 5) is 60.6. The van der Waals surface area contributed by atoms with Crippen molar-refractivity contribution in [2.24, 2.45) is 29.6 Å². The molecule has 2 saturated heterocycles. The third-order valence-electron chi connectivity index (χ3n) is 9.81. The average Bonchev–Trinajstić information content (AvgIpc) is 3.68. The van der Waals surface area contributed by atoms with Crippen molar-refractivity contribution < 1.29 is 24.2 Å². The van der Waals surface area contributed by atoms with E-state index in [2.05, 4.69) is 4.98 Å². The van der Waals surface area contributed by atoms with Crippen molar-refractivity contribution >= 4 is 40.8 Å². The second-order valence-corrected chi connectivity index (χ2v) is 13.9. The molecule has 0 radical (unpaired) electrons. The number of H-pyrrole nitrogens is 1. The molecule has 2 N–H and O–H groups in total. The predicted molar refractivity (Wildman–Crippen MR) is 150 cm³/mol. The third kappa shape index (κ3) is 3.72. The zero-order valence-electron chi connectivity index (χ0n) is 22.5. The lowest BCUT2D eigenvalue weighted by Crippen LogP contribution is -2.51. The van der Waals surface area contributed by atoms with Crippen molar-refractivity contribution in [2.75, 3.05) is 19.7 Å². The Kier molecular flexibility index (Phi) is 6.30. The van der Waals surface area contributed by atoms with Gasteiger partial charge in [-0.2, -0.15) is 0 Å². The molecule has 9 nitrogen and oxygen atoms in total. The number of benzene rings is 1. The van der Waals surface area contributed by atoms with Crippen molar-refractivity contribution in [3.63, 3.8) is 0 Å². The molecular formula is C29H33N3O6S2. The van der Waals surface area contributed by atoms with E-state index in [4.69, 9.17) is 4.74 Å². The number of carbonyl (C=O) groups is 3. The number of carbonyl (C=O) groups excluding carboxylic acids is 3. The van der Waals surface area contributed by atoms with E-state index in [0.717, 1.165) is 41.1 Å². The number of aromatic nitrogens is 1. The number of hydrogen-bond donors (Lipinski definition) is 2. The standard InChI is InChI=1S/C29H33N3O6S2/c1-3-38-18-11-14(7-8-17(18)33)19-20-15-12-16(23(20)39-25-24(19)40-29(37)30-25)22-21(15)27(35)32(28(22)36)13(2)26(34)31-9-5-4-6-10-31/h7-8,11,13,15-16,19-23,33H,3-6,9-10,12H2,1-2H3,(H,30,37). The molecule has 1 aromatic heterocycles. The van der Waals surface area contributed by atoms with Crippen LogP contribution in [0.4, 0.5) is 0 Å². The number of phenols is 1. The van der Waals surface area contributed by atoms with Crippen molar-refractivity contribution in [2.45, 2.75) is 61.8 Å². The number of piperidine rings is 1. The number of thioether (sulfide) groups is 1. The first-order chi connectivity index (χ1) is 19.3. The molecule has 1 aromatic carbocycles. The van der Waals surface area contributed by atoms with Crippen LogP contribution in [0.2, 0.25) is 0 Å². The van der Waals surface area contributed by atoms with Crippen LogP contribution in [0.25, 0.3) is 0 Å². The highest BCUT2D eigenvalue weighted by Gasteiger charge is 2.70. The van der Waals surface area contributed by atoms with E-state index >= 15 is 0 Å². The highest BCUT2D eigenvalue weighted by molar-refractivity contribution is 8.00. The minimum absolute atomic E-state index is 0.00809. The fourth-order valence-corrected chi connectivity index (χ4v) is 11.2. The van der Waals surface area contributed by atoms with E-state index in [0.29, 0.717) is 25.4 Å². The number of rotatable bonds is 5. The fourth-order valence-electron chi connectivity index (χ4n) is 8.28. The van der Waals surface area contributed by atoms with E-state index in [1.54, 1.807) is 29.7 Å². The zero-order valence-corrected chi connectivity index (χ0v) is 24.1. The molecule has 11 heteroatoms. The van der Waals surface area contributed by atoms with E-state index in [-0.39, 0.29) is 57.3 Å². The predicted octanol–water partition coefficient (Wildman–Crippen LogP) is 3.42. The van der Waals surface area contributed by atoms with Gasteiger partial charge in [-0.05, 0) is 75.0 Å². The van der Waals surface area contributed by atoms with Gasteiger partial charge in [0, 0.05) is 29.1 Å². The van der Waals surface area contributed by atoms with Gasteiger partial charge in [0.25, 0.3) is 0 Å². The number of thiazole rings is 1. The van der Waals surface area contributed by atoms with Gasteiger partial charge < -0.3 is 19.7 Å². The maximum Gasteiger partial charge on any atom is 0.305 e. The first-order valence-electron chi connectivity index (χ1n) is 14.3.